The van der Waals surface area contributed by atoms with E-state index in [1.165, 1.54) is 12.1 Å². The van der Waals surface area contributed by atoms with Crippen LogP contribution in [-0.4, -0.2) is 26.4 Å². The first-order valence-corrected chi connectivity index (χ1v) is 5.63. The molecule has 2 rings (SSSR count). The lowest BCUT2D eigenvalue weighted by Crippen LogP contribution is -2.04. The maximum absolute atomic E-state index is 11.7. The summed E-state index contributed by atoms with van der Waals surface area (Å²) in [5.41, 5.74) is 1.31. The van der Waals surface area contributed by atoms with Crippen molar-refractivity contribution in [1.29, 1.82) is 0 Å². The standard InChI is InChI=1S/C11H8N2O3S/c14-10(9-6-17-13-12-9)5-7-1-3-8(4-2-7)11(15)16/h1-4,6H,5H2,(H,15,16). The number of carbonyl (C=O) groups excluding carboxylic acids is 1. The number of carboxylic acid groups (broad SMARTS) is 1. The number of aromatic nitrogens is 2. The maximum Gasteiger partial charge on any atom is 0.335 e. The predicted molar refractivity (Wildman–Crippen MR) is 61.3 cm³/mol. The lowest BCUT2D eigenvalue weighted by molar-refractivity contribution is 0.0696. The monoisotopic (exact) mass is 248 g/mol. The summed E-state index contributed by atoms with van der Waals surface area (Å²) < 4.78 is 3.62. The third-order valence-corrected chi connectivity index (χ3v) is 2.72. The van der Waals surface area contributed by atoms with Gasteiger partial charge < -0.3 is 5.11 Å². The van der Waals surface area contributed by atoms with E-state index < -0.39 is 5.97 Å². The molecule has 0 saturated carbocycles. The summed E-state index contributed by atoms with van der Waals surface area (Å²) in [6, 6.07) is 6.21. The molecule has 0 radical (unpaired) electrons. The van der Waals surface area contributed by atoms with Crippen LogP contribution in [0, 0.1) is 0 Å². The van der Waals surface area contributed by atoms with Gasteiger partial charge in [-0.2, -0.15) is 0 Å². The third-order valence-electron chi connectivity index (χ3n) is 2.21. The molecule has 0 bridgehead atoms. The van der Waals surface area contributed by atoms with Gasteiger partial charge in [0.25, 0.3) is 0 Å². The zero-order valence-corrected chi connectivity index (χ0v) is 9.48. The lowest BCUT2D eigenvalue weighted by Gasteiger charge is -1.99. The second-order valence-electron chi connectivity index (χ2n) is 3.39. The first-order valence-electron chi connectivity index (χ1n) is 4.79. The number of benzene rings is 1. The first-order chi connectivity index (χ1) is 8.16. The number of hydrogen-bond donors (Lipinski definition) is 1. The highest BCUT2D eigenvalue weighted by Gasteiger charge is 2.10. The van der Waals surface area contributed by atoms with Crippen LogP contribution in [0.25, 0.3) is 0 Å². The second-order valence-corrected chi connectivity index (χ2v) is 4.00. The average molecular weight is 248 g/mol. The van der Waals surface area contributed by atoms with E-state index in [9.17, 15) is 9.59 Å². The predicted octanol–water partition coefficient (Wildman–Crippen LogP) is 1.66. The zero-order valence-electron chi connectivity index (χ0n) is 8.66. The van der Waals surface area contributed by atoms with Crippen molar-refractivity contribution in [2.75, 3.05) is 0 Å². The fourth-order valence-electron chi connectivity index (χ4n) is 1.33. The molecule has 0 aliphatic heterocycles. The molecule has 1 aromatic heterocycles. The number of rotatable bonds is 4. The Morgan fingerprint density at radius 2 is 1.94 bits per heavy atom. The minimum Gasteiger partial charge on any atom is -0.478 e. The Bertz CT molecular complexity index is 534. The summed E-state index contributed by atoms with van der Waals surface area (Å²) in [6.45, 7) is 0. The highest BCUT2D eigenvalue weighted by Crippen LogP contribution is 2.08. The van der Waals surface area contributed by atoms with Crippen LogP contribution >= 0.6 is 11.5 Å². The molecule has 17 heavy (non-hydrogen) atoms. The Kier molecular flexibility index (Phi) is 3.24. The molecule has 1 aromatic carbocycles. The highest BCUT2D eigenvalue weighted by molar-refractivity contribution is 7.03. The lowest BCUT2D eigenvalue weighted by atomic mass is 10.1. The normalized spacial score (nSPS) is 10.1. The van der Waals surface area contributed by atoms with Crippen molar-refractivity contribution in [3.63, 3.8) is 0 Å². The van der Waals surface area contributed by atoms with Gasteiger partial charge in [0, 0.05) is 11.8 Å². The summed E-state index contributed by atoms with van der Waals surface area (Å²) in [5.74, 6) is -1.10. The Morgan fingerprint density at radius 1 is 1.24 bits per heavy atom. The number of carbonyl (C=O) groups is 2. The number of ketones is 1. The van der Waals surface area contributed by atoms with Crippen molar-refractivity contribution in [3.8, 4) is 0 Å². The Balaban J connectivity index is 2.09. The molecule has 1 N–H and O–H groups in total. The van der Waals surface area contributed by atoms with Crippen LogP contribution in [0.4, 0.5) is 0 Å². The quantitative estimate of drug-likeness (QED) is 0.832. The fourth-order valence-corrected chi connectivity index (χ4v) is 1.79. The van der Waals surface area contributed by atoms with Gasteiger partial charge >= 0.3 is 5.97 Å². The molecule has 5 nitrogen and oxygen atoms in total. The SMILES string of the molecule is O=C(O)c1ccc(CC(=O)c2csnn2)cc1. The molecule has 0 aliphatic rings. The molecule has 0 aliphatic carbocycles. The highest BCUT2D eigenvalue weighted by atomic mass is 32.1. The van der Waals surface area contributed by atoms with Crippen molar-refractivity contribution >= 4 is 23.3 Å². The van der Waals surface area contributed by atoms with E-state index in [2.05, 4.69) is 9.59 Å². The zero-order chi connectivity index (χ0) is 12.3. The second kappa shape index (κ2) is 4.84. The minimum absolute atomic E-state index is 0.123. The van der Waals surface area contributed by atoms with Gasteiger partial charge in [-0.25, -0.2) is 4.79 Å². The number of Topliss-reactive ketones (excluding diaryl/α,β-unsaturated/α-hetero) is 1. The topological polar surface area (TPSA) is 80.1 Å². The maximum atomic E-state index is 11.7. The first kappa shape index (κ1) is 11.4. The van der Waals surface area contributed by atoms with E-state index in [0.717, 1.165) is 17.1 Å². The van der Waals surface area contributed by atoms with E-state index in [0.29, 0.717) is 5.69 Å². The molecule has 0 unspecified atom stereocenters. The van der Waals surface area contributed by atoms with E-state index in [1.807, 2.05) is 0 Å². The Hall–Kier alpha value is -2.08. The van der Waals surface area contributed by atoms with Gasteiger partial charge in [0.2, 0.25) is 0 Å². The summed E-state index contributed by atoms with van der Waals surface area (Å²) in [6.07, 6.45) is 0.200. The van der Waals surface area contributed by atoms with E-state index in [1.54, 1.807) is 17.5 Å². The van der Waals surface area contributed by atoms with Crippen LogP contribution in [0.5, 0.6) is 0 Å². The summed E-state index contributed by atoms with van der Waals surface area (Å²) in [4.78, 5) is 22.3. The van der Waals surface area contributed by atoms with Crippen molar-refractivity contribution in [3.05, 3.63) is 46.5 Å². The van der Waals surface area contributed by atoms with E-state index in [4.69, 9.17) is 5.11 Å². The Morgan fingerprint density at radius 3 is 2.47 bits per heavy atom. The summed E-state index contributed by atoms with van der Waals surface area (Å²) >= 11 is 1.13. The van der Waals surface area contributed by atoms with Crippen molar-refractivity contribution < 1.29 is 14.7 Å². The van der Waals surface area contributed by atoms with Crippen LogP contribution < -0.4 is 0 Å². The van der Waals surface area contributed by atoms with Crippen LogP contribution in [0.1, 0.15) is 26.4 Å². The molecule has 0 saturated heterocycles. The summed E-state index contributed by atoms with van der Waals surface area (Å²) in [7, 11) is 0. The minimum atomic E-state index is -0.980. The van der Waals surface area contributed by atoms with Gasteiger partial charge in [-0.05, 0) is 29.2 Å². The third kappa shape index (κ3) is 2.73. The summed E-state index contributed by atoms with van der Waals surface area (Å²) in [5, 5.41) is 14.0. The Labute approximate surface area is 101 Å². The molecule has 0 spiro atoms. The van der Waals surface area contributed by atoms with Gasteiger partial charge in [-0.3, -0.25) is 4.79 Å². The molecule has 6 heteroatoms. The van der Waals surface area contributed by atoms with E-state index in [-0.39, 0.29) is 17.8 Å². The molecule has 2 aromatic rings. The molecule has 0 fully saturated rings. The smallest absolute Gasteiger partial charge is 0.335 e. The molecular formula is C11H8N2O3S. The van der Waals surface area contributed by atoms with Crippen molar-refractivity contribution in [2.45, 2.75) is 6.42 Å². The molecule has 1 heterocycles. The fraction of sp³-hybridized carbons (Fsp3) is 0.0909. The number of hydrogen-bond acceptors (Lipinski definition) is 5. The van der Waals surface area contributed by atoms with Gasteiger partial charge in [0.15, 0.2) is 5.78 Å². The molecule has 86 valence electrons. The van der Waals surface area contributed by atoms with Crippen LogP contribution in [0.2, 0.25) is 0 Å². The number of nitrogens with zero attached hydrogens (tertiary/aromatic N) is 2. The van der Waals surface area contributed by atoms with Crippen LogP contribution in [-0.2, 0) is 6.42 Å². The molecular weight excluding hydrogens is 240 g/mol. The van der Waals surface area contributed by atoms with Gasteiger partial charge in [0.05, 0.1) is 5.56 Å². The molecule has 0 atom stereocenters. The average Bonchev–Trinajstić information content (AvgIpc) is 2.83. The number of carboxylic acids is 1. The van der Waals surface area contributed by atoms with Crippen LogP contribution in [0.3, 0.4) is 0 Å². The van der Waals surface area contributed by atoms with Crippen LogP contribution in [0.15, 0.2) is 29.6 Å². The van der Waals surface area contributed by atoms with Gasteiger partial charge in [-0.1, -0.05) is 16.6 Å². The largest absolute Gasteiger partial charge is 0.478 e. The van der Waals surface area contributed by atoms with Crippen molar-refractivity contribution in [2.24, 2.45) is 0 Å². The number of aromatic carboxylic acids is 1. The van der Waals surface area contributed by atoms with E-state index >= 15 is 0 Å². The van der Waals surface area contributed by atoms with Crippen molar-refractivity contribution in [1.82, 2.24) is 9.59 Å². The molecule has 0 amide bonds. The van der Waals surface area contributed by atoms with Gasteiger partial charge in [-0.15, -0.1) is 5.10 Å². The van der Waals surface area contributed by atoms with Gasteiger partial charge in [0.1, 0.15) is 5.69 Å².